The molecule has 92 valence electrons. The molecule has 2 aromatic rings. The first-order valence-electron chi connectivity index (χ1n) is 5.54. The molecule has 1 heterocycles. The van der Waals surface area contributed by atoms with Crippen LogP contribution >= 0.6 is 0 Å². The summed E-state index contributed by atoms with van der Waals surface area (Å²) in [6, 6.07) is 9.46. The summed E-state index contributed by atoms with van der Waals surface area (Å²) in [5.41, 5.74) is 1.64. The molecule has 1 aromatic carbocycles. The quantitative estimate of drug-likeness (QED) is 0.901. The number of carbonyl (C=O) groups is 1. The monoisotopic (exact) mass is 245 g/mol. The van der Waals surface area contributed by atoms with Crippen LogP contribution in [0, 0.1) is 5.82 Å². The summed E-state index contributed by atoms with van der Waals surface area (Å²) in [7, 11) is 0. The van der Waals surface area contributed by atoms with E-state index in [1.807, 2.05) is 0 Å². The first-order chi connectivity index (χ1) is 8.66. The zero-order valence-corrected chi connectivity index (χ0v) is 9.58. The fourth-order valence-corrected chi connectivity index (χ4v) is 1.89. The summed E-state index contributed by atoms with van der Waals surface area (Å²) < 4.78 is 12.9. The summed E-state index contributed by atoms with van der Waals surface area (Å²) in [4.78, 5) is 14.8. The molecule has 1 unspecified atom stereocenters. The molecule has 0 spiro atoms. The smallest absolute Gasteiger partial charge is 0.304 e. The number of nitrogens with zero attached hydrogens (tertiary/aromatic N) is 1. The van der Waals surface area contributed by atoms with Crippen LogP contribution in [0.25, 0.3) is 0 Å². The molecule has 0 aliphatic rings. The van der Waals surface area contributed by atoms with E-state index >= 15 is 0 Å². The number of hydrogen-bond donors (Lipinski definition) is 1. The van der Waals surface area contributed by atoms with Crippen molar-refractivity contribution >= 4 is 5.97 Å². The summed E-state index contributed by atoms with van der Waals surface area (Å²) >= 11 is 0. The van der Waals surface area contributed by atoms with Crippen molar-refractivity contribution in [3.63, 3.8) is 0 Å². The molecular weight excluding hydrogens is 233 g/mol. The average molecular weight is 245 g/mol. The number of aromatic nitrogens is 1. The van der Waals surface area contributed by atoms with Gasteiger partial charge in [-0.25, -0.2) is 4.39 Å². The van der Waals surface area contributed by atoms with E-state index < -0.39 is 5.97 Å². The van der Waals surface area contributed by atoms with Gasteiger partial charge in [-0.3, -0.25) is 9.78 Å². The molecule has 2 rings (SSSR count). The summed E-state index contributed by atoms with van der Waals surface area (Å²) in [6.07, 6.45) is 3.21. The maximum Gasteiger partial charge on any atom is 0.304 e. The van der Waals surface area contributed by atoms with Crippen LogP contribution in [-0.2, 0) is 4.79 Å². The number of benzene rings is 1. The van der Waals surface area contributed by atoms with Gasteiger partial charge in [-0.2, -0.15) is 0 Å². The van der Waals surface area contributed by atoms with E-state index in [0.717, 1.165) is 11.1 Å². The minimum Gasteiger partial charge on any atom is -0.481 e. The van der Waals surface area contributed by atoms with E-state index in [1.165, 1.54) is 12.1 Å². The molecule has 0 fully saturated rings. The van der Waals surface area contributed by atoms with Crippen molar-refractivity contribution in [3.8, 4) is 0 Å². The molecule has 4 heteroatoms. The number of rotatable bonds is 4. The lowest BCUT2D eigenvalue weighted by Gasteiger charge is -2.15. The van der Waals surface area contributed by atoms with E-state index in [2.05, 4.69) is 4.98 Å². The second-order valence-corrected chi connectivity index (χ2v) is 3.98. The predicted molar refractivity (Wildman–Crippen MR) is 64.7 cm³/mol. The first-order valence-corrected chi connectivity index (χ1v) is 5.54. The highest BCUT2D eigenvalue weighted by atomic mass is 19.1. The van der Waals surface area contributed by atoms with Gasteiger partial charge in [-0.15, -0.1) is 0 Å². The Morgan fingerprint density at radius 3 is 2.22 bits per heavy atom. The van der Waals surface area contributed by atoms with Crippen LogP contribution in [-0.4, -0.2) is 16.1 Å². The van der Waals surface area contributed by atoms with Crippen molar-refractivity contribution in [3.05, 3.63) is 65.7 Å². The van der Waals surface area contributed by atoms with Gasteiger partial charge in [0.15, 0.2) is 0 Å². The minimum atomic E-state index is -0.888. The van der Waals surface area contributed by atoms with E-state index in [0.29, 0.717) is 0 Å². The second-order valence-electron chi connectivity index (χ2n) is 3.98. The average Bonchev–Trinajstić information content (AvgIpc) is 2.38. The molecule has 0 bridgehead atoms. The largest absolute Gasteiger partial charge is 0.481 e. The Bertz CT molecular complexity index is 525. The van der Waals surface area contributed by atoms with Crippen LogP contribution in [0.2, 0.25) is 0 Å². The number of aliphatic carboxylic acids is 1. The molecule has 1 aromatic heterocycles. The topological polar surface area (TPSA) is 50.2 Å². The molecule has 3 nitrogen and oxygen atoms in total. The lowest BCUT2D eigenvalue weighted by molar-refractivity contribution is -0.137. The lowest BCUT2D eigenvalue weighted by atomic mass is 9.89. The van der Waals surface area contributed by atoms with Gasteiger partial charge in [0.2, 0.25) is 0 Å². The summed E-state index contributed by atoms with van der Waals surface area (Å²) in [5.74, 6) is -1.50. The van der Waals surface area contributed by atoms with Crippen LogP contribution in [0.5, 0.6) is 0 Å². The lowest BCUT2D eigenvalue weighted by Crippen LogP contribution is -2.08. The highest BCUT2D eigenvalue weighted by Crippen LogP contribution is 2.27. The highest BCUT2D eigenvalue weighted by molar-refractivity contribution is 5.69. The third kappa shape index (κ3) is 2.91. The number of carboxylic acid groups (broad SMARTS) is 1. The van der Waals surface area contributed by atoms with Gasteiger partial charge in [-0.1, -0.05) is 12.1 Å². The van der Waals surface area contributed by atoms with Crippen LogP contribution in [0.1, 0.15) is 23.5 Å². The molecule has 0 saturated heterocycles. The van der Waals surface area contributed by atoms with Crippen molar-refractivity contribution in [1.82, 2.24) is 4.98 Å². The molecule has 18 heavy (non-hydrogen) atoms. The fraction of sp³-hybridized carbons (Fsp3) is 0.143. The van der Waals surface area contributed by atoms with Gasteiger partial charge in [0.25, 0.3) is 0 Å². The number of pyridine rings is 1. The van der Waals surface area contributed by atoms with Crippen molar-refractivity contribution in [2.75, 3.05) is 0 Å². The molecule has 0 saturated carbocycles. The Labute approximate surface area is 104 Å². The summed E-state index contributed by atoms with van der Waals surface area (Å²) in [6.45, 7) is 0. The first kappa shape index (κ1) is 12.2. The fourth-order valence-electron chi connectivity index (χ4n) is 1.89. The normalized spacial score (nSPS) is 12.1. The van der Waals surface area contributed by atoms with E-state index in [4.69, 9.17) is 5.11 Å². The zero-order valence-electron chi connectivity index (χ0n) is 9.58. The van der Waals surface area contributed by atoms with Gasteiger partial charge in [-0.05, 0) is 35.4 Å². The Kier molecular flexibility index (Phi) is 3.67. The maximum atomic E-state index is 12.9. The highest BCUT2D eigenvalue weighted by Gasteiger charge is 2.17. The molecule has 1 N–H and O–H groups in total. The van der Waals surface area contributed by atoms with Crippen LogP contribution in [0.15, 0.2) is 48.8 Å². The number of halogens is 1. The van der Waals surface area contributed by atoms with Gasteiger partial charge < -0.3 is 5.11 Å². The van der Waals surface area contributed by atoms with E-state index in [-0.39, 0.29) is 18.2 Å². The Hall–Kier alpha value is -2.23. The van der Waals surface area contributed by atoms with E-state index in [9.17, 15) is 9.18 Å². The third-order valence-corrected chi connectivity index (χ3v) is 2.76. The van der Waals surface area contributed by atoms with Gasteiger partial charge in [0.05, 0.1) is 6.42 Å². The van der Waals surface area contributed by atoms with Gasteiger partial charge >= 0.3 is 5.97 Å². The summed E-state index contributed by atoms with van der Waals surface area (Å²) in [5, 5.41) is 8.97. The van der Waals surface area contributed by atoms with Gasteiger partial charge in [0.1, 0.15) is 5.82 Å². The SMILES string of the molecule is O=C(O)CC(c1ccncc1)c1ccc(F)cc1. The maximum absolute atomic E-state index is 12.9. The van der Waals surface area contributed by atoms with Crippen LogP contribution < -0.4 is 0 Å². The standard InChI is InChI=1S/C14H12FNO2/c15-12-3-1-10(2-4-12)13(9-14(17)18)11-5-7-16-8-6-11/h1-8,13H,9H2,(H,17,18). The molecule has 1 atom stereocenters. The van der Waals surface area contributed by atoms with Crippen molar-refractivity contribution < 1.29 is 14.3 Å². The molecule has 0 radical (unpaired) electrons. The molecule has 0 amide bonds. The van der Waals surface area contributed by atoms with Crippen LogP contribution in [0.3, 0.4) is 0 Å². The number of hydrogen-bond acceptors (Lipinski definition) is 2. The van der Waals surface area contributed by atoms with Crippen molar-refractivity contribution in [2.45, 2.75) is 12.3 Å². The molecule has 0 aliphatic heterocycles. The number of carboxylic acids is 1. The zero-order chi connectivity index (χ0) is 13.0. The Morgan fingerprint density at radius 2 is 1.67 bits per heavy atom. The van der Waals surface area contributed by atoms with Crippen molar-refractivity contribution in [1.29, 1.82) is 0 Å². The minimum absolute atomic E-state index is 0.0321. The molecular formula is C14H12FNO2. The van der Waals surface area contributed by atoms with Gasteiger partial charge in [0, 0.05) is 18.3 Å². The third-order valence-electron chi connectivity index (χ3n) is 2.76. The molecule has 0 aliphatic carbocycles. The Morgan fingerprint density at radius 1 is 1.11 bits per heavy atom. The predicted octanol–water partition coefficient (Wildman–Crippen LogP) is 2.83. The second kappa shape index (κ2) is 5.40. The Balaban J connectivity index is 2.36. The van der Waals surface area contributed by atoms with Crippen molar-refractivity contribution in [2.24, 2.45) is 0 Å². The van der Waals surface area contributed by atoms with Crippen LogP contribution in [0.4, 0.5) is 4.39 Å². The van der Waals surface area contributed by atoms with E-state index in [1.54, 1.807) is 36.7 Å².